The summed E-state index contributed by atoms with van der Waals surface area (Å²) in [6.45, 7) is 2.26. The summed E-state index contributed by atoms with van der Waals surface area (Å²) in [4.78, 5) is 7.62. The third kappa shape index (κ3) is 5.40. The number of hydrogen-bond acceptors (Lipinski definition) is 4. The number of nitrogens with zero attached hydrogens (tertiary/aromatic N) is 2. The molecule has 1 aromatic carbocycles. The number of hydrogen-bond donors (Lipinski definition) is 1. The Morgan fingerprint density at radius 1 is 1.08 bits per heavy atom. The summed E-state index contributed by atoms with van der Waals surface area (Å²) < 4.78 is 44.4. The number of para-hydroxylation sites is 1. The van der Waals surface area contributed by atoms with E-state index in [1.165, 1.54) is 0 Å². The van der Waals surface area contributed by atoms with Gasteiger partial charge in [-0.2, -0.15) is 18.2 Å². The van der Waals surface area contributed by atoms with Crippen LogP contribution in [0, 0.1) is 0 Å². The Balaban J connectivity index is 2.12. The van der Waals surface area contributed by atoms with Crippen LogP contribution in [0.5, 0.6) is 5.88 Å². The number of nitrogens with one attached hydrogen (secondary N) is 1. The van der Waals surface area contributed by atoms with E-state index in [0.717, 1.165) is 25.5 Å². The van der Waals surface area contributed by atoms with Crippen LogP contribution in [0.4, 0.5) is 24.8 Å². The molecule has 0 saturated carbocycles. The number of aromatic nitrogens is 2. The van der Waals surface area contributed by atoms with Crippen molar-refractivity contribution in [3.63, 3.8) is 0 Å². The molecule has 0 amide bonds. The van der Waals surface area contributed by atoms with Crippen LogP contribution in [-0.2, 0) is 6.18 Å². The Morgan fingerprint density at radius 3 is 2.50 bits per heavy atom. The Labute approximate surface area is 139 Å². The fourth-order valence-corrected chi connectivity index (χ4v) is 2.08. The average Bonchev–Trinajstić information content (AvgIpc) is 2.55. The van der Waals surface area contributed by atoms with Crippen LogP contribution >= 0.6 is 0 Å². The van der Waals surface area contributed by atoms with Gasteiger partial charge in [0.25, 0.3) is 0 Å². The minimum atomic E-state index is -4.55. The molecule has 0 aliphatic heterocycles. The summed E-state index contributed by atoms with van der Waals surface area (Å²) in [5.41, 5.74) is -0.275. The molecule has 1 N–H and O–H groups in total. The van der Waals surface area contributed by atoms with E-state index in [0.29, 0.717) is 12.1 Å². The molecule has 0 bridgehead atoms. The first-order valence-electron chi connectivity index (χ1n) is 7.90. The first kappa shape index (κ1) is 18.0. The highest BCUT2D eigenvalue weighted by molar-refractivity contribution is 5.53. The molecule has 0 spiro atoms. The number of ether oxygens (including phenoxy) is 1. The largest absolute Gasteiger partial charge is 0.477 e. The Bertz CT molecular complexity index is 633. The van der Waals surface area contributed by atoms with Gasteiger partial charge in [-0.1, -0.05) is 44.4 Å². The van der Waals surface area contributed by atoms with Gasteiger partial charge in [0.1, 0.15) is 5.56 Å². The van der Waals surface area contributed by atoms with Crippen LogP contribution in [0.2, 0.25) is 0 Å². The minimum Gasteiger partial charge on any atom is -0.477 e. The Kier molecular flexibility index (Phi) is 6.40. The first-order chi connectivity index (χ1) is 11.5. The molecule has 0 aliphatic carbocycles. The van der Waals surface area contributed by atoms with Gasteiger partial charge in [-0.25, -0.2) is 4.98 Å². The summed E-state index contributed by atoms with van der Waals surface area (Å²) in [6, 6.07) is 8.98. The molecule has 0 atom stereocenters. The van der Waals surface area contributed by atoms with E-state index in [9.17, 15) is 13.2 Å². The number of benzene rings is 1. The van der Waals surface area contributed by atoms with E-state index in [1.807, 2.05) is 6.07 Å². The standard InChI is InChI=1S/C17H20F3N3O/c1-2-3-4-8-11-24-15-14(17(18,19)20)12-21-16(23-15)22-13-9-6-5-7-10-13/h5-7,9-10,12H,2-4,8,11H2,1H3,(H,21,22,23). The zero-order chi connectivity index (χ0) is 17.4. The summed E-state index contributed by atoms with van der Waals surface area (Å²) >= 11 is 0. The van der Waals surface area contributed by atoms with Gasteiger partial charge in [0.15, 0.2) is 0 Å². The molecule has 1 heterocycles. The molecular weight excluding hydrogens is 319 g/mol. The zero-order valence-corrected chi connectivity index (χ0v) is 13.4. The molecule has 24 heavy (non-hydrogen) atoms. The number of alkyl halides is 3. The molecule has 4 nitrogen and oxygen atoms in total. The lowest BCUT2D eigenvalue weighted by atomic mass is 10.2. The highest BCUT2D eigenvalue weighted by Crippen LogP contribution is 2.35. The minimum absolute atomic E-state index is 0.0674. The van der Waals surface area contributed by atoms with Gasteiger partial charge in [-0.15, -0.1) is 0 Å². The van der Waals surface area contributed by atoms with E-state index < -0.39 is 17.6 Å². The molecule has 7 heteroatoms. The maximum absolute atomic E-state index is 13.1. The topological polar surface area (TPSA) is 47.0 Å². The van der Waals surface area contributed by atoms with Crippen LogP contribution in [0.15, 0.2) is 36.5 Å². The Hall–Kier alpha value is -2.31. The third-order valence-corrected chi connectivity index (χ3v) is 3.33. The number of rotatable bonds is 8. The quantitative estimate of drug-likeness (QED) is 0.672. The first-order valence-corrected chi connectivity index (χ1v) is 7.90. The average molecular weight is 339 g/mol. The van der Waals surface area contributed by atoms with Gasteiger partial charge in [0.05, 0.1) is 6.61 Å². The molecule has 0 unspecified atom stereocenters. The second-order valence-electron chi connectivity index (χ2n) is 5.31. The molecule has 2 aromatic rings. The molecule has 0 fully saturated rings. The van der Waals surface area contributed by atoms with Crippen LogP contribution < -0.4 is 10.1 Å². The monoisotopic (exact) mass is 339 g/mol. The van der Waals surface area contributed by atoms with Crippen LogP contribution in [0.25, 0.3) is 0 Å². The molecule has 0 radical (unpaired) electrons. The van der Waals surface area contributed by atoms with E-state index in [4.69, 9.17) is 4.74 Å². The number of unbranched alkanes of at least 4 members (excludes halogenated alkanes) is 3. The van der Waals surface area contributed by atoms with Crippen molar-refractivity contribution in [2.24, 2.45) is 0 Å². The van der Waals surface area contributed by atoms with Gasteiger partial charge in [0.2, 0.25) is 11.8 Å². The van der Waals surface area contributed by atoms with Crippen LogP contribution in [0.1, 0.15) is 38.2 Å². The summed E-state index contributed by atoms with van der Waals surface area (Å²) in [6.07, 6.45) is -0.120. The molecule has 0 aliphatic rings. The lowest BCUT2D eigenvalue weighted by Crippen LogP contribution is -2.13. The normalized spacial score (nSPS) is 11.3. The van der Waals surface area contributed by atoms with Crippen molar-refractivity contribution in [3.8, 4) is 5.88 Å². The van der Waals surface area contributed by atoms with Crippen LogP contribution in [0.3, 0.4) is 0 Å². The van der Waals surface area contributed by atoms with E-state index >= 15 is 0 Å². The Morgan fingerprint density at radius 2 is 1.83 bits per heavy atom. The SMILES string of the molecule is CCCCCCOc1nc(Nc2ccccc2)ncc1C(F)(F)F. The van der Waals surface area contributed by atoms with E-state index in [2.05, 4.69) is 22.2 Å². The molecule has 130 valence electrons. The predicted octanol–water partition coefficient (Wildman–Crippen LogP) is 5.20. The predicted molar refractivity (Wildman–Crippen MR) is 86.4 cm³/mol. The van der Waals surface area contributed by atoms with Crippen LogP contribution in [-0.4, -0.2) is 16.6 Å². The van der Waals surface area contributed by atoms with Gasteiger partial charge in [-0.05, 0) is 18.6 Å². The molecular formula is C17H20F3N3O. The highest BCUT2D eigenvalue weighted by atomic mass is 19.4. The zero-order valence-electron chi connectivity index (χ0n) is 13.4. The molecule has 0 saturated heterocycles. The summed E-state index contributed by atoms with van der Waals surface area (Å²) in [5, 5.41) is 2.86. The van der Waals surface area contributed by atoms with Gasteiger partial charge < -0.3 is 10.1 Å². The van der Waals surface area contributed by atoms with Crippen molar-refractivity contribution in [1.29, 1.82) is 0 Å². The summed E-state index contributed by atoms with van der Waals surface area (Å²) in [5.74, 6) is -0.370. The molecule has 2 rings (SSSR count). The second kappa shape index (κ2) is 8.52. The summed E-state index contributed by atoms with van der Waals surface area (Å²) in [7, 11) is 0. The smallest absolute Gasteiger partial charge is 0.423 e. The van der Waals surface area contributed by atoms with Crippen molar-refractivity contribution in [2.75, 3.05) is 11.9 Å². The highest BCUT2D eigenvalue weighted by Gasteiger charge is 2.36. The number of anilines is 2. The van der Waals surface area contributed by atoms with Crippen molar-refractivity contribution >= 4 is 11.6 Å². The van der Waals surface area contributed by atoms with Crippen molar-refractivity contribution < 1.29 is 17.9 Å². The second-order valence-corrected chi connectivity index (χ2v) is 5.31. The number of halogens is 3. The van der Waals surface area contributed by atoms with E-state index in [1.54, 1.807) is 24.3 Å². The maximum Gasteiger partial charge on any atom is 0.423 e. The fraction of sp³-hybridized carbons (Fsp3) is 0.412. The molecule has 1 aromatic heterocycles. The van der Waals surface area contributed by atoms with Gasteiger partial charge in [0, 0.05) is 11.9 Å². The fourth-order valence-electron chi connectivity index (χ4n) is 2.08. The third-order valence-electron chi connectivity index (χ3n) is 3.33. The van der Waals surface area contributed by atoms with Crippen molar-refractivity contribution in [1.82, 2.24) is 9.97 Å². The lowest BCUT2D eigenvalue weighted by molar-refractivity contribution is -0.139. The van der Waals surface area contributed by atoms with Crippen molar-refractivity contribution in [3.05, 3.63) is 42.1 Å². The maximum atomic E-state index is 13.1. The van der Waals surface area contributed by atoms with Gasteiger partial charge in [-0.3, -0.25) is 0 Å². The van der Waals surface area contributed by atoms with Gasteiger partial charge >= 0.3 is 6.18 Å². The van der Waals surface area contributed by atoms with Crippen molar-refractivity contribution in [2.45, 2.75) is 38.8 Å². The van der Waals surface area contributed by atoms with E-state index in [-0.39, 0.29) is 12.6 Å². The lowest BCUT2D eigenvalue weighted by Gasteiger charge is -2.14.